The molecule has 0 bridgehead atoms. The molecule has 2 aromatic heterocycles. The Bertz CT molecular complexity index is 1050. The predicted octanol–water partition coefficient (Wildman–Crippen LogP) is 2.72. The maximum absolute atomic E-state index is 12.9. The van der Waals surface area contributed by atoms with Crippen LogP contribution in [0.4, 0.5) is 19.0 Å². The van der Waals surface area contributed by atoms with Crippen molar-refractivity contribution in [2.45, 2.75) is 24.0 Å². The number of hydrogen-bond acceptors (Lipinski definition) is 6. The summed E-state index contributed by atoms with van der Waals surface area (Å²) in [5, 5.41) is 13.4. The predicted molar refractivity (Wildman–Crippen MR) is 87.4 cm³/mol. The molecule has 0 aliphatic rings. The summed E-state index contributed by atoms with van der Waals surface area (Å²) >= 11 is 0. The zero-order valence-electron chi connectivity index (χ0n) is 13.7. The van der Waals surface area contributed by atoms with E-state index in [1.807, 2.05) is 0 Å². The van der Waals surface area contributed by atoms with Gasteiger partial charge in [-0.05, 0) is 36.8 Å². The van der Waals surface area contributed by atoms with Gasteiger partial charge in [0.15, 0.2) is 15.5 Å². The van der Waals surface area contributed by atoms with Gasteiger partial charge >= 0.3 is 6.18 Å². The molecule has 7 nitrogen and oxygen atoms in total. The van der Waals surface area contributed by atoms with Crippen LogP contribution in [0.5, 0.6) is 0 Å². The quantitative estimate of drug-likeness (QED) is 0.743. The van der Waals surface area contributed by atoms with E-state index in [4.69, 9.17) is 0 Å². The molecule has 11 heteroatoms. The number of fused-ring (bicyclic) bond motifs is 1. The van der Waals surface area contributed by atoms with E-state index in [2.05, 4.69) is 20.6 Å². The third-order valence-corrected chi connectivity index (χ3v) is 4.82. The molecule has 1 aromatic carbocycles. The number of nitrogens with zero attached hydrogens (tertiary/aromatic N) is 4. The van der Waals surface area contributed by atoms with Gasteiger partial charge in [0.25, 0.3) is 5.82 Å². The summed E-state index contributed by atoms with van der Waals surface area (Å²) in [6.07, 6.45) is -3.56. The number of aromatic nitrogens is 4. The first-order chi connectivity index (χ1) is 12.1. The fraction of sp³-hybridized carbons (Fsp3) is 0.267. The largest absolute Gasteiger partial charge is 0.453 e. The number of anilines is 1. The van der Waals surface area contributed by atoms with Gasteiger partial charge in [-0.1, -0.05) is 12.1 Å². The van der Waals surface area contributed by atoms with E-state index in [1.165, 1.54) is 24.3 Å². The summed E-state index contributed by atoms with van der Waals surface area (Å²) in [5.41, 5.74) is 0.729. The lowest BCUT2D eigenvalue weighted by Gasteiger charge is -2.15. The van der Waals surface area contributed by atoms with Crippen LogP contribution >= 0.6 is 0 Å². The number of hydrogen-bond donors (Lipinski definition) is 1. The van der Waals surface area contributed by atoms with Gasteiger partial charge in [0.1, 0.15) is 5.82 Å². The minimum atomic E-state index is -4.67. The van der Waals surface area contributed by atoms with Gasteiger partial charge in [0.2, 0.25) is 0 Å². The SMILES string of the molecule is CC(Nc1ccc2nnc(C(F)(F)F)n2n1)c1ccc(S(C)(=O)=O)cc1. The van der Waals surface area contributed by atoms with Crippen LogP contribution in [-0.4, -0.2) is 34.5 Å². The molecule has 138 valence electrons. The minimum Gasteiger partial charge on any atom is -0.362 e. The van der Waals surface area contributed by atoms with Crippen molar-refractivity contribution in [3.8, 4) is 0 Å². The molecule has 0 saturated carbocycles. The molecule has 3 aromatic rings. The highest BCUT2D eigenvalue weighted by molar-refractivity contribution is 7.90. The average Bonchev–Trinajstić information content (AvgIpc) is 2.97. The lowest BCUT2D eigenvalue weighted by Crippen LogP contribution is -2.14. The van der Waals surface area contributed by atoms with Crippen molar-refractivity contribution in [2.24, 2.45) is 0 Å². The molecule has 0 saturated heterocycles. The van der Waals surface area contributed by atoms with Crippen molar-refractivity contribution in [2.75, 3.05) is 11.6 Å². The van der Waals surface area contributed by atoms with Crippen molar-refractivity contribution < 1.29 is 21.6 Å². The van der Waals surface area contributed by atoms with Gasteiger partial charge in [-0.15, -0.1) is 15.3 Å². The smallest absolute Gasteiger partial charge is 0.362 e. The fourth-order valence-corrected chi connectivity index (χ4v) is 2.98. The van der Waals surface area contributed by atoms with Crippen LogP contribution in [0.2, 0.25) is 0 Å². The molecule has 0 aliphatic heterocycles. The topological polar surface area (TPSA) is 89.2 Å². The summed E-state index contributed by atoms with van der Waals surface area (Å²) < 4.78 is 62.3. The Morgan fingerprint density at radius 1 is 1.08 bits per heavy atom. The molecule has 0 amide bonds. The van der Waals surface area contributed by atoms with Crippen LogP contribution in [0.3, 0.4) is 0 Å². The standard InChI is InChI=1S/C15H14F3N5O2S/c1-9(10-3-5-11(6-4-10)26(2,24)25)19-12-7-8-13-20-21-14(15(16,17)18)23(13)22-12/h3-9H,1-2H3,(H,19,22). The first kappa shape index (κ1) is 18.1. The minimum absolute atomic E-state index is 0.0203. The molecule has 2 heterocycles. The van der Waals surface area contributed by atoms with Crippen LogP contribution < -0.4 is 5.32 Å². The molecule has 0 spiro atoms. The third kappa shape index (κ3) is 3.62. The fourth-order valence-electron chi connectivity index (χ4n) is 2.35. The van der Waals surface area contributed by atoms with Gasteiger partial charge < -0.3 is 5.32 Å². The second-order valence-electron chi connectivity index (χ2n) is 5.72. The van der Waals surface area contributed by atoms with E-state index >= 15 is 0 Å². The number of rotatable bonds is 4. The molecule has 3 rings (SSSR count). The monoisotopic (exact) mass is 385 g/mol. The number of halogens is 3. The zero-order valence-corrected chi connectivity index (χ0v) is 14.5. The van der Waals surface area contributed by atoms with Crippen molar-refractivity contribution >= 4 is 21.3 Å². The normalized spacial score (nSPS) is 13.7. The van der Waals surface area contributed by atoms with Gasteiger partial charge in [-0.3, -0.25) is 0 Å². The van der Waals surface area contributed by atoms with Crippen molar-refractivity contribution in [3.05, 3.63) is 47.8 Å². The molecule has 0 fully saturated rings. The Hall–Kier alpha value is -2.69. The molecule has 1 unspecified atom stereocenters. The Morgan fingerprint density at radius 3 is 2.31 bits per heavy atom. The van der Waals surface area contributed by atoms with E-state index in [0.29, 0.717) is 4.52 Å². The molecule has 1 N–H and O–H groups in total. The van der Waals surface area contributed by atoms with Crippen LogP contribution in [0.1, 0.15) is 24.4 Å². The second-order valence-corrected chi connectivity index (χ2v) is 7.73. The number of nitrogens with one attached hydrogen (secondary N) is 1. The third-order valence-electron chi connectivity index (χ3n) is 3.69. The zero-order chi connectivity index (χ0) is 19.1. The summed E-state index contributed by atoms with van der Waals surface area (Å²) in [4.78, 5) is 0.187. The lowest BCUT2D eigenvalue weighted by molar-refractivity contribution is -0.146. The van der Waals surface area contributed by atoms with Gasteiger partial charge in [0, 0.05) is 12.3 Å². The summed E-state index contributed by atoms with van der Waals surface area (Å²) in [5.74, 6) is -1.01. The maximum Gasteiger partial charge on any atom is 0.453 e. The number of benzene rings is 1. The molecule has 26 heavy (non-hydrogen) atoms. The molecule has 1 atom stereocenters. The number of alkyl halides is 3. The van der Waals surface area contributed by atoms with Crippen LogP contribution in [0, 0.1) is 0 Å². The van der Waals surface area contributed by atoms with Crippen LogP contribution in [-0.2, 0) is 16.0 Å². The highest BCUT2D eigenvalue weighted by atomic mass is 32.2. The van der Waals surface area contributed by atoms with E-state index in [-0.39, 0.29) is 22.4 Å². The average molecular weight is 385 g/mol. The number of sulfone groups is 1. The Labute approximate surface area is 146 Å². The summed E-state index contributed by atoms with van der Waals surface area (Å²) in [6.45, 7) is 1.78. The van der Waals surface area contributed by atoms with Gasteiger partial charge in [0.05, 0.1) is 4.90 Å². The molecule has 0 radical (unpaired) electrons. The first-order valence-electron chi connectivity index (χ1n) is 7.42. The van der Waals surface area contributed by atoms with E-state index in [0.717, 1.165) is 11.8 Å². The Balaban J connectivity index is 1.86. The molecular weight excluding hydrogens is 371 g/mol. The van der Waals surface area contributed by atoms with E-state index in [1.54, 1.807) is 19.1 Å². The van der Waals surface area contributed by atoms with E-state index in [9.17, 15) is 21.6 Å². The van der Waals surface area contributed by atoms with Gasteiger partial charge in [-0.25, -0.2) is 8.42 Å². The van der Waals surface area contributed by atoms with Crippen molar-refractivity contribution in [1.82, 2.24) is 19.8 Å². The Kier molecular flexibility index (Phi) is 4.34. The van der Waals surface area contributed by atoms with Gasteiger partial charge in [-0.2, -0.15) is 17.7 Å². The highest BCUT2D eigenvalue weighted by Crippen LogP contribution is 2.28. The second kappa shape index (κ2) is 6.24. The molecular formula is C15H14F3N5O2S. The van der Waals surface area contributed by atoms with Crippen LogP contribution in [0.15, 0.2) is 41.3 Å². The summed E-state index contributed by atoms with van der Waals surface area (Å²) in [6, 6.07) is 8.75. The Morgan fingerprint density at radius 2 is 1.73 bits per heavy atom. The molecule has 0 aliphatic carbocycles. The first-order valence-corrected chi connectivity index (χ1v) is 9.31. The summed E-state index contributed by atoms with van der Waals surface area (Å²) in [7, 11) is -3.30. The van der Waals surface area contributed by atoms with Crippen molar-refractivity contribution in [1.29, 1.82) is 0 Å². The van der Waals surface area contributed by atoms with Crippen LogP contribution in [0.25, 0.3) is 5.65 Å². The maximum atomic E-state index is 12.9. The highest BCUT2D eigenvalue weighted by Gasteiger charge is 2.37. The van der Waals surface area contributed by atoms with E-state index < -0.39 is 21.8 Å². The lowest BCUT2D eigenvalue weighted by atomic mass is 10.1. The van der Waals surface area contributed by atoms with Crippen molar-refractivity contribution in [3.63, 3.8) is 0 Å².